The Hall–Kier alpha value is -1.81. The Morgan fingerprint density at radius 3 is 3.05 bits per heavy atom. The van der Waals surface area contributed by atoms with Crippen molar-refractivity contribution in [3.8, 4) is 5.75 Å². The zero-order chi connectivity index (χ0) is 14.4. The maximum Gasteiger partial charge on any atom is 0.224 e. The summed E-state index contributed by atoms with van der Waals surface area (Å²) in [6, 6.07) is 7.55. The lowest BCUT2D eigenvalue weighted by atomic mass is 10.00. The molecule has 0 radical (unpaired) electrons. The molecular formula is C16H22N2O2. The van der Waals surface area contributed by atoms with Gasteiger partial charge < -0.3 is 15.8 Å². The molecule has 1 aromatic rings. The van der Waals surface area contributed by atoms with Gasteiger partial charge in [0.15, 0.2) is 0 Å². The van der Waals surface area contributed by atoms with Crippen molar-refractivity contribution in [2.45, 2.75) is 31.7 Å². The van der Waals surface area contributed by atoms with E-state index in [0.29, 0.717) is 18.9 Å². The van der Waals surface area contributed by atoms with Crippen LogP contribution < -0.4 is 15.8 Å². The lowest BCUT2D eigenvalue weighted by Gasteiger charge is -2.15. The molecule has 20 heavy (non-hydrogen) atoms. The van der Waals surface area contributed by atoms with Crippen molar-refractivity contribution in [2.24, 2.45) is 11.7 Å². The van der Waals surface area contributed by atoms with Crippen LogP contribution in [0.1, 0.15) is 25.7 Å². The second-order valence-electron chi connectivity index (χ2n) is 5.23. The number of carbonyl (C=O) groups is 1. The van der Waals surface area contributed by atoms with Crippen molar-refractivity contribution in [3.05, 3.63) is 36.9 Å². The Balaban J connectivity index is 1.88. The lowest BCUT2D eigenvalue weighted by Crippen LogP contribution is -2.28. The van der Waals surface area contributed by atoms with E-state index >= 15 is 0 Å². The number of benzene rings is 1. The van der Waals surface area contributed by atoms with E-state index in [0.717, 1.165) is 30.7 Å². The summed E-state index contributed by atoms with van der Waals surface area (Å²) >= 11 is 0. The normalized spacial score (nSPS) is 21.4. The van der Waals surface area contributed by atoms with Crippen LogP contribution in [0.3, 0.4) is 0 Å². The average Bonchev–Trinajstić information content (AvgIpc) is 2.82. The predicted octanol–water partition coefficient (Wildman–Crippen LogP) is 2.71. The SMILES string of the molecule is C=CCOc1cccc(NC(=O)C[C@@H]2CCC[C@H]2N)c1. The van der Waals surface area contributed by atoms with Crippen molar-refractivity contribution >= 4 is 11.6 Å². The Kier molecular flexibility index (Phi) is 5.18. The molecule has 3 N–H and O–H groups in total. The van der Waals surface area contributed by atoms with Crippen molar-refractivity contribution in [1.29, 1.82) is 0 Å². The van der Waals surface area contributed by atoms with Gasteiger partial charge in [-0.05, 0) is 30.9 Å². The molecule has 1 amide bonds. The van der Waals surface area contributed by atoms with Crippen LogP contribution in [0.15, 0.2) is 36.9 Å². The number of anilines is 1. The minimum Gasteiger partial charge on any atom is -0.489 e. The van der Waals surface area contributed by atoms with Crippen LogP contribution in [-0.2, 0) is 4.79 Å². The molecule has 4 heteroatoms. The van der Waals surface area contributed by atoms with E-state index in [2.05, 4.69) is 11.9 Å². The van der Waals surface area contributed by atoms with Crippen molar-refractivity contribution < 1.29 is 9.53 Å². The molecule has 0 bridgehead atoms. The fraction of sp³-hybridized carbons (Fsp3) is 0.438. The first kappa shape index (κ1) is 14.6. The number of rotatable bonds is 6. The second kappa shape index (κ2) is 7.10. The molecule has 0 unspecified atom stereocenters. The summed E-state index contributed by atoms with van der Waals surface area (Å²) in [5, 5.41) is 2.91. The van der Waals surface area contributed by atoms with Crippen LogP contribution in [0.25, 0.3) is 0 Å². The molecule has 0 aliphatic heterocycles. The molecule has 1 saturated carbocycles. The third-order valence-electron chi connectivity index (χ3n) is 3.65. The van der Waals surface area contributed by atoms with Gasteiger partial charge in [-0.2, -0.15) is 0 Å². The number of nitrogens with one attached hydrogen (secondary N) is 1. The van der Waals surface area contributed by atoms with E-state index in [1.807, 2.05) is 24.3 Å². The topological polar surface area (TPSA) is 64.3 Å². The van der Waals surface area contributed by atoms with Gasteiger partial charge in [0.1, 0.15) is 12.4 Å². The number of ether oxygens (including phenoxy) is 1. The van der Waals surface area contributed by atoms with Crippen molar-refractivity contribution in [2.75, 3.05) is 11.9 Å². The van der Waals surface area contributed by atoms with Crippen LogP contribution in [0, 0.1) is 5.92 Å². The molecule has 0 spiro atoms. The quantitative estimate of drug-likeness (QED) is 0.784. The number of hydrogen-bond acceptors (Lipinski definition) is 3. The monoisotopic (exact) mass is 274 g/mol. The Morgan fingerprint density at radius 1 is 1.50 bits per heavy atom. The lowest BCUT2D eigenvalue weighted by molar-refractivity contribution is -0.117. The number of hydrogen-bond donors (Lipinski definition) is 2. The third-order valence-corrected chi connectivity index (χ3v) is 3.65. The molecule has 1 aliphatic carbocycles. The van der Waals surface area contributed by atoms with E-state index in [1.165, 1.54) is 0 Å². The highest BCUT2D eigenvalue weighted by atomic mass is 16.5. The van der Waals surface area contributed by atoms with Gasteiger partial charge in [0.2, 0.25) is 5.91 Å². The first-order valence-electron chi connectivity index (χ1n) is 7.08. The number of carbonyl (C=O) groups excluding carboxylic acids is 1. The second-order valence-corrected chi connectivity index (χ2v) is 5.23. The van der Waals surface area contributed by atoms with E-state index in [1.54, 1.807) is 6.08 Å². The van der Waals surface area contributed by atoms with Crippen molar-refractivity contribution in [3.63, 3.8) is 0 Å². The highest BCUT2D eigenvalue weighted by molar-refractivity contribution is 5.91. The Labute approximate surface area is 120 Å². The Morgan fingerprint density at radius 2 is 2.35 bits per heavy atom. The summed E-state index contributed by atoms with van der Waals surface area (Å²) in [6.45, 7) is 4.06. The molecule has 108 valence electrons. The molecule has 0 heterocycles. The first-order chi connectivity index (χ1) is 9.69. The van der Waals surface area contributed by atoms with Crippen LogP contribution in [0.4, 0.5) is 5.69 Å². The van der Waals surface area contributed by atoms with Crippen molar-refractivity contribution in [1.82, 2.24) is 0 Å². The van der Waals surface area contributed by atoms with E-state index in [-0.39, 0.29) is 11.9 Å². The fourth-order valence-electron chi connectivity index (χ4n) is 2.59. The van der Waals surface area contributed by atoms with E-state index in [9.17, 15) is 4.79 Å². The van der Waals surface area contributed by atoms with Gasteiger partial charge >= 0.3 is 0 Å². The molecule has 1 fully saturated rings. The van der Waals surface area contributed by atoms with E-state index < -0.39 is 0 Å². The smallest absolute Gasteiger partial charge is 0.224 e. The van der Waals surface area contributed by atoms with Gasteiger partial charge in [0, 0.05) is 24.2 Å². The molecule has 1 aliphatic rings. The molecule has 2 atom stereocenters. The summed E-state index contributed by atoms with van der Waals surface area (Å²) in [6.07, 6.45) is 5.40. The molecule has 2 rings (SSSR count). The summed E-state index contributed by atoms with van der Waals surface area (Å²) in [4.78, 5) is 12.0. The average molecular weight is 274 g/mol. The summed E-state index contributed by atoms with van der Waals surface area (Å²) in [5.41, 5.74) is 6.74. The molecule has 0 saturated heterocycles. The van der Waals surface area contributed by atoms with Gasteiger partial charge in [-0.1, -0.05) is 25.1 Å². The van der Waals surface area contributed by atoms with Gasteiger partial charge in [-0.25, -0.2) is 0 Å². The number of nitrogens with two attached hydrogens (primary N) is 1. The molecule has 4 nitrogen and oxygen atoms in total. The van der Waals surface area contributed by atoms with E-state index in [4.69, 9.17) is 10.5 Å². The predicted molar refractivity (Wildman–Crippen MR) is 80.7 cm³/mol. The maximum absolute atomic E-state index is 12.0. The minimum absolute atomic E-state index is 0.0215. The zero-order valence-corrected chi connectivity index (χ0v) is 11.7. The molecule has 0 aromatic heterocycles. The van der Waals surface area contributed by atoms with Crippen LogP contribution in [-0.4, -0.2) is 18.6 Å². The van der Waals surface area contributed by atoms with Crippen LogP contribution in [0.2, 0.25) is 0 Å². The fourth-order valence-corrected chi connectivity index (χ4v) is 2.59. The van der Waals surface area contributed by atoms with Gasteiger partial charge in [0.25, 0.3) is 0 Å². The highest BCUT2D eigenvalue weighted by Crippen LogP contribution is 2.27. The van der Waals surface area contributed by atoms with Crippen LogP contribution >= 0.6 is 0 Å². The largest absolute Gasteiger partial charge is 0.489 e. The summed E-state index contributed by atoms with van der Waals surface area (Å²) < 4.78 is 5.44. The molecular weight excluding hydrogens is 252 g/mol. The highest BCUT2D eigenvalue weighted by Gasteiger charge is 2.25. The van der Waals surface area contributed by atoms with Gasteiger partial charge in [-0.15, -0.1) is 0 Å². The number of amides is 1. The summed E-state index contributed by atoms with van der Waals surface area (Å²) in [7, 11) is 0. The van der Waals surface area contributed by atoms with Gasteiger partial charge in [0.05, 0.1) is 0 Å². The van der Waals surface area contributed by atoms with Crippen LogP contribution in [0.5, 0.6) is 5.75 Å². The Bertz CT molecular complexity index is 473. The zero-order valence-electron chi connectivity index (χ0n) is 11.7. The first-order valence-corrected chi connectivity index (χ1v) is 7.08. The maximum atomic E-state index is 12.0. The standard InChI is InChI=1S/C16H22N2O2/c1-2-9-20-14-7-4-6-13(11-14)18-16(19)10-12-5-3-8-15(12)17/h2,4,6-7,11-12,15H,1,3,5,8-10,17H2,(H,18,19)/t12-,15+/m0/s1. The molecule has 1 aromatic carbocycles. The summed E-state index contributed by atoms with van der Waals surface area (Å²) in [5.74, 6) is 1.06. The minimum atomic E-state index is 0.0215. The third kappa shape index (κ3) is 4.10. The van der Waals surface area contributed by atoms with Gasteiger partial charge in [-0.3, -0.25) is 4.79 Å².